The zero-order valence-electron chi connectivity index (χ0n) is 10.3. The van der Waals surface area contributed by atoms with E-state index in [-0.39, 0.29) is 10.4 Å². The van der Waals surface area contributed by atoms with E-state index in [4.69, 9.17) is 0 Å². The van der Waals surface area contributed by atoms with Crippen LogP contribution >= 0.6 is 15.9 Å². The van der Waals surface area contributed by atoms with Gasteiger partial charge in [0, 0.05) is 5.56 Å². The third kappa shape index (κ3) is 2.18. The van der Waals surface area contributed by atoms with Gasteiger partial charge >= 0.3 is 0 Å². The van der Waals surface area contributed by atoms with Crippen molar-refractivity contribution in [2.75, 3.05) is 0 Å². The molecule has 5 heteroatoms. The second-order valence-electron chi connectivity index (χ2n) is 4.30. The first-order chi connectivity index (χ1) is 8.40. The van der Waals surface area contributed by atoms with Gasteiger partial charge in [-0.1, -0.05) is 6.07 Å². The van der Waals surface area contributed by atoms with E-state index in [0.717, 1.165) is 16.7 Å². The van der Waals surface area contributed by atoms with Crippen molar-refractivity contribution in [3.05, 3.63) is 43.6 Å². The monoisotopic (exact) mass is 308 g/mol. The molecular weight excluding hydrogens is 296 g/mol. The molecule has 0 atom stereocenters. The molecule has 0 spiro atoms. The lowest BCUT2D eigenvalue weighted by molar-refractivity contribution is 0.448. The zero-order valence-corrected chi connectivity index (χ0v) is 11.9. The van der Waals surface area contributed by atoms with Crippen molar-refractivity contribution in [2.24, 2.45) is 0 Å². The van der Waals surface area contributed by atoms with Gasteiger partial charge in [0.1, 0.15) is 10.3 Å². The van der Waals surface area contributed by atoms with Gasteiger partial charge in [0.15, 0.2) is 0 Å². The molecule has 0 fully saturated rings. The maximum Gasteiger partial charge on any atom is 0.269 e. The van der Waals surface area contributed by atoms with Crippen molar-refractivity contribution in [1.82, 2.24) is 9.97 Å². The van der Waals surface area contributed by atoms with E-state index in [1.165, 1.54) is 5.56 Å². The second kappa shape index (κ2) is 4.57. The lowest BCUT2D eigenvalue weighted by atomic mass is 10.0. The van der Waals surface area contributed by atoms with Crippen LogP contribution < -0.4 is 5.56 Å². The lowest BCUT2D eigenvalue weighted by Gasteiger charge is -2.09. The Kier molecular flexibility index (Phi) is 3.26. The third-order valence-corrected chi connectivity index (χ3v) is 3.66. The summed E-state index contributed by atoms with van der Waals surface area (Å²) in [4.78, 5) is 18.2. The van der Waals surface area contributed by atoms with Gasteiger partial charge in [-0.15, -0.1) is 0 Å². The quantitative estimate of drug-likeness (QED) is 0.851. The number of hydrogen-bond donors (Lipinski definition) is 2. The van der Waals surface area contributed by atoms with Crippen LogP contribution in [0.15, 0.2) is 21.4 Å². The fraction of sp³-hybridized carbons (Fsp3) is 0.231. The van der Waals surface area contributed by atoms with Crippen molar-refractivity contribution < 1.29 is 5.11 Å². The molecule has 1 aromatic heterocycles. The Bertz CT molecular complexity index is 677. The van der Waals surface area contributed by atoms with Crippen LogP contribution in [-0.4, -0.2) is 15.1 Å². The molecule has 0 radical (unpaired) electrons. The molecule has 0 bridgehead atoms. The topological polar surface area (TPSA) is 66.0 Å². The highest BCUT2D eigenvalue weighted by atomic mass is 79.9. The number of aryl methyl sites for hydroxylation is 3. The van der Waals surface area contributed by atoms with Gasteiger partial charge < -0.3 is 10.1 Å². The first-order valence-corrected chi connectivity index (χ1v) is 6.26. The number of halogens is 1. The molecule has 0 saturated heterocycles. The number of H-pyrrole nitrogens is 1. The first kappa shape index (κ1) is 12.8. The molecule has 0 saturated carbocycles. The Labute approximate surface area is 113 Å². The highest BCUT2D eigenvalue weighted by Gasteiger charge is 2.11. The molecule has 2 rings (SSSR count). The number of benzene rings is 1. The molecule has 0 amide bonds. The van der Waals surface area contributed by atoms with Crippen LogP contribution in [0, 0.1) is 20.8 Å². The average molecular weight is 309 g/mol. The molecule has 4 nitrogen and oxygen atoms in total. The maximum atomic E-state index is 11.6. The summed E-state index contributed by atoms with van der Waals surface area (Å²) in [6.45, 7) is 5.97. The Hall–Kier alpha value is -1.62. The minimum Gasteiger partial charge on any atom is -0.492 e. The Balaban J connectivity index is 2.70. The van der Waals surface area contributed by atoms with E-state index >= 15 is 0 Å². The molecule has 0 aliphatic rings. The van der Waals surface area contributed by atoms with Gasteiger partial charge in [-0.05, 0) is 59.5 Å². The van der Waals surface area contributed by atoms with Crippen LogP contribution in [0.1, 0.15) is 16.7 Å². The van der Waals surface area contributed by atoms with Crippen molar-refractivity contribution >= 4 is 15.9 Å². The molecule has 0 aliphatic heterocycles. The standard InChI is InChI=1S/C13H13BrN2O2/c1-6-4-8(3)9(5-7(6)2)11-15-12(17)10(14)13(18)16-11/h4-5H,1-3H3,(H2,15,16,17,18). The highest BCUT2D eigenvalue weighted by Crippen LogP contribution is 2.25. The van der Waals surface area contributed by atoms with Crippen molar-refractivity contribution in [1.29, 1.82) is 0 Å². The number of aromatic amines is 1. The summed E-state index contributed by atoms with van der Waals surface area (Å²) in [6.07, 6.45) is 0. The van der Waals surface area contributed by atoms with E-state index in [1.807, 2.05) is 32.9 Å². The summed E-state index contributed by atoms with van der Waals surface area (Å²) in [5.41, 5.74) is 3.72. The van der Waals surface area contributed by atoms with E-state index in [2.05, 4.69) is 25.9 Å². The average Bonchev–Trinajstić information content (AvgIpc) is 2.30. The Morgan fingerprint density at radius 3 is 2.39 bits per heavy atom. The SMILES string of the molecule is Cc1cc(C)c(-c2nc(O)c(Br)c(=O)[nH]2)cc1C. The van der Waals surface area contributed by atoms with Gasteiger partial charge in [0.2, 0.25) is 5.88 Å². The smallest absolute Gasteiger partial charge is 0.269 e. The van der Waals surface area contributed by atoms with E-state index < -0.39 is 5.56 Å². The van der Waals surface area contributed by atoms with Crippen LogP contribution in [0.2, 0.25) is 0 Å². The second-order valence-corrected chi connectivity index (χ2v) is 5.10. The van der Waals surface area contributed by atoms with Crippen LogP contribution in [0.3, 0.4) is 0 Å². The predicted molar refractivity (Wildman–Crippen MR) is 73.9 cm³/mol. The molecule has 1 aromatic carbocycles. The minimum atomic E-state index is -0.393. The number of hydrogen-bond acceptors (Lipinski definition) is 3. The van der Waals surface area contributed by atoms with E-state index in [0.29, 0.717) is 5.82 Å². The molecule has 94 valence electrons. The first-order valence-electron chi connectivity index (χ1n) is 5.47. The van der Waals surface area contributed by atoms with Crippen LogP contribution in [0.5, 0.6) is 5.88 Å². The highest BCUT2D eigenvalue weighted by molar-refractivity contribution is 9.10. The molecule has 0 unspecified atom stereocenters. The normalized spacial score (nSPS) is 10.7. The molecular formula is C13H13BrN2O2. The summed E-state index contributed by atoms with van der Waals surface area (Å²) < 4.78 is 0.0488. The van der Waals surface area contributed by atoms with Crippen molar-refractivity contribution in [3.8, 4) is 17.3 Å². The molecule has 18 heavy (non-hydrogen) atoms. The fourth-order valence-electron chi connectivity index (χ4n) is 1.79. The third-order valence-electron chi connectivity index (χ3n) is 2.94. The molecule has 2 aromatic rings. The van der Waals surface area contributed by atoms with Gasteiger partial charge in [-0.25, -0.2) is 0 Å². The van der Waals surface area contributed by atoms with Gasteiger partial charge in [-0.2, -0.15) is 4.98 Å². The predicted octanol–water partition coefficient (Wildman–Crippen LogP) is 2.83. The Morgan fingerprint density at radius 2 is 1.78 bits per heavy atom. The molecule has 1 heterocycles. The fourth-order valence-corrected chi connectivity index (χ4v) is 1.98. The minimum absolute atomic E-state index is 0.0488. The van der Waals surface area contributed by atoms with Gasteiger partial charge in [0.25, 0.3) is 5.56 Å². The summed E-state index contributed by atoms with van der Waals surface area (Å²) in [5, 5.41) is 9.58. The van der Waals surface area contributed by atoms with Crippen LogP contribution in [0.4, 0.5) is 0 Å². The summed E-state index contributed by atoms with van der Waals surface area (Å²) in [6, 6.07) is 3.99. The summed E-state index contributed by atoms with van der Waals surface area (Å²) in [7, 11) is 0. The number of rotatable bonds is 1. The van der Waals surface area contributed by atoms with Crippen molar-refractivity contribution in [3.63, 3.8) is 0 Å². The number of nitrogens with one attached hydrogen (secondary N) is 1. The maximum absolute atomic E-state index is 11.6. The summed E-state index contributed by atoms with van der Waals surface area (Å²) >= 11 is 2.97. The van der Waals surface area contributed by atoms with Crippen molar-refractivity contribution in [2.45, 2.75) is 20.8 Å². The van der Waals surface area contributed by atoms with Crippen LogP contribution in [0.25, 0.3) is 11.4 Å². The van der Waals surface area contributed by atoms with Gasteiger partial charge in [0.05, 0.1) is 0 Å². The van der Waals surface area contributed by atoms with Gasteiger partial charge in [-0.3, -0.25) is 4.79 Å². The van der Waals surface area contributed by atoms with Crippen LogP contribution in [-0.2, 0) is 0 Å². The Morgan fingerprint density at radius 1 is 1.17 bits per heavy atom. The molecule has 2 N–H and O–H groups in total. The molecule has 0 aliphatic carbocycles. The lowest BCUT2D eigenvalue weighted by Crippen LogP contribution is -2.10. The number of aromatic hydroxyl groups is 1. The van der Waals surface area contributed by atoms with E-state index in [1.54, 1.807) is 0 Å². The number of aromatic nitrogens is 2. The zero-order chi connectivity index (χ0) is 13.4. The largest absolute Gasteiger partial charge is 0.492 e. The van der Waals surface area contributed by atoms with E-state index in [9.17, 15) is 9.90 Å². The summed E-state index contributed by atoms with van der Waals surface area (Å²) in [5.74, 6) is 0.0766. The number of nitrogens with zero attached hydrogens (tertiary/aromatic N) is 1.